The number of carbonyl (C=O) groups is 1. The number of alkyl halides is 3. The minimum atomic E-state index is -1.65. The summed E-state index contributed by atoms with van der Waals surface area (Å²) >= 11 is 17.9. The summed E-state index contributed by atoms with van der Waals surface area (Å²) in [5.74, 6) is 0.0840. The molecular formula is C15H21Cl3N2O. The Kier molecular flexibility index (Phi) is 6.64. The van der Waals surface area contributed by atoms with Gasteiger partial charge in [0.25, 0.3) is 0 Å². The molecule has 0 spiro atoms. The van der Waals surface area contributed by atoms with Crippen LogP contribution in [0.15, 0.2) is 18.2 Å². The molecule has 0 unspecified atom stereocenters. The molecule has 0 bridgehead atoms. The molecule has 1 rings (SSSR count). The van der Waals surface area contributed by atoms with Crippen LogP contribution >= 0.6 is 34.8 Å². The van der Waals surface area contributed by atoms with Gasteiger partial charge in [0, 0.05) is 12.1 Å². The number of halogens is 3. The monoisotopic (exact) mass is 350 g/mol. The molecule has 0 heterocycles. The zero-order valence-corrected chi connectivity index (χ0v) is 14.9. The quantitative estimate of drug-likeness (QED) is 0.602. The summed E-state index contributed by atoms with van der Waals surface area (Å²) in [5, 5.41) is 5.82. The van der Waals surface area contributed by atoms with Crippen molar-refractivity contribution in [2.24, 2.45) is 5.92 Å². The van der Waals surface area contributed by atoms with Gasteiger partial charge in [0.05, 0.1) is 0 Å². The summed E-state index contributed by atoms with van der Waals surface area (Å²) < 4.78 is -1.65. The second-order valence-corrected chi connectivity index (χ2v) is 7.97. The van der Waals surface area contributed by atoms with E-state index in [0.717, 1.165) is 16.8 Å². The fourth-order valence-electron chi connectivity index (χ4n) is 1.92. The van der Waals surface area contributed by atoms with Gasteiger partial charge < -0.3 is 10.6 Å². The van der Waals surface area contributed by atoms with Crippen molar-refractivity contribution in [3.63, 3.8) is 0 Å². The number of hydrogen-bond donors (Lipinski definition) is 2. The first-order valence-corrected chi connectivity index (χ1v) is 7.93. The van der Waals surface area contributed by atoms with E-state index in [2.05, 4.69) is 10.6 Å². The van der Waals surface area contributed by atoms with E-state index in [1.54, 1.807) is 0 Å². The summed E-state index contributed by atoms with van der Waals surface area (Å²) in [6.45, 7) is 7.89. The van der Waals surface area contributed by atoms with E-state index in [0.29, 0.717) is 6.42 Å². The van der Waals surface area contributed by atoms with Gasteiger partial charge in [-0.1, -0.05) is 66.3 Å². The van der Waals surface area contributed by atoms with E-state index >= 15 is 0 Å². The van der Waals surface area contributed by atoms with Crippen LogP contribution in [0, 0.1) is 19.8 Å². The second-order valence-electron chi connectivity index (χ2n) is 5.60. The third-order valence-corrected chi connectivity index (χ3v) is 3.56. The summed E-state index contributed by atoms with van der Waals surface area (Å²) in [4.78, 5) is 11.9. The molecule has 21 heavy (non-hydrogen) atoms. The molecule has 0 saturated heterocycles. The summed E-state index contributed by atoms with van der Waals surface area (Å²) in [5.41, 5.74) is 2.99. The summed E-state index contributed by atoms with van der Waals surface area (Å²) in [7, 11) is 0. The number of hydrogen-bond acceptors (Lipinski definition) is 2. The number of nitrogens with one attached hydrogen (secondary N) is 2. The Labute approximate surface area is 141 Å². The van der Waals surface area contributed by atoms with Crippen molar-refractivity contribution in [1.82, 2.24) is 5.32 Å². The third-order valence-electron chi connectivity index (χ3n) is 2.91. The van der Waals surface area contributed by atoms with Crippen molar-refractivity contribution in [2.75, 3.05) is 5.32 Å². The largest absolute Gasteiger partial charge is 0.362 e. The van der Waals surface area contributed by atoms with Crippen LogP contribution in [0.1, 0.15) is 31.4 Å². The van der Waals surface area contributed by atoms with E-state index in [1.807, 2.05) is 45.9 Å². The number of aryl methyl sites for hydroxylation is 2. The first kappa shape index (κ1) is 18.4. The van der Waals surface area contributed by atoms with Crippen LogP contribution in [0.4, 0.5) is 5.69 Å². The lowest BCUT2D eigenvalue weighted by atomic mass is 10.1. The van der Waals surface area contributed by atoms with Crippen LogP contribution in [-0.2, 0) is 4.79 Å². The Bertz CT molecular complexity index is 498. The van der Waals surface area contributed by atoms with E-state index in [-0.39, 0.29) is 11.8 Å². The minimum absolute atomic E-state index is 0.154. The van der Waals surface area contributed by atoms with Crippen molar-refractivity contribution >= 4 is 46.4 Å². The lowest BCUT2D eigenvalue weighted by molar-refractivity contribution is -0.122. The van der Waals surface area contributed by atoms with Gasteiger partial charge in [0.2, 0.25) is 9.70 Å². The fraction of sp³-hybridized carbons (Fsp3) is 0.533. The smallest absolute Gasteiger partial charge is 0.228 e. The molecule has 0 saturated carbocycles. The maximum absolute atomic E-state index is 11.9. The normalized spacial score (nSPS) is 13.1. The Balaban J connectivity index is 2.86. The lowest BCUT2D eigenvalue weighted by Gasteiger charge is -2.28. The van der Waals surface area contributed by atoms with Crippen LogP contribution < -0.4 is 10.6 Å². The average molecular weight is 352 g/mol. The van der Waals surface area contributed by atoms with Gasteiger partial charge in [0.15, 0.2) is 0 Å². The Hall–Kier alpha value is -0.640. The summed E-state index contributed by atoms with van der Waals surface area (Å²) in [6.07, 6.45) is -0.415. The second kappa shape index (κ2) is 7.57. The SMILES string of the molecule is Cc1ccc(N[C@@H](NC(=O)CC(C)C)C(Cl)(Cl)Cl)c(C)c1. The zero-order valence-electron chi connectivity index (χ0n) is 12.6. The first-order valence-electron chi connectivity index (χ1n) is 6.79. The number of carbonyl (C=O) groups excluding carboxylic acids is 1. The van der Waals surface area contributed by atoms with Gasteiger partial charge in [-0.3, -0.25) is 4.79 Å². The molecular weight excluding hydrogens is 331 g/mol. The molecule has 0 radical (unpaired) electrons. The van der Waals surface area contributed by atoms with Crippen LogP contribution in [0.5, 0.6) is 0 Å². The van der Waals surface area contributed by atoms with Gasteiger partial charge in [0.1, 0.15) is 6.17 Å². The number of rotatable bonds is 5. The zero-order chi connectivity index (χ0) is 16.2. The van der Waals surface area contributed by atoms with E-state index in [4.69, 9.17) is 34.8 Å². The van der Waals surface area contributed by atoms with Gasteiger partial charge in [-0.2, -0.15) is 0 Å². The van der Waals surface area contributed by atoms with Crippen molar-refractivity contribution in [1.29, 1.82) is 0 Å². The third kappa shape index (κ3) is 6.33. The molecule has 0 aromatic heterocycles. The highest BCUT2D eigenvalue weighted by molar-refractivity contribution is 6.68. The highest BCUT2D eigenvalue weighted by Crippen LogP contribution is 2.32. The molecule has 118 valence electrons. The van der Waals surface area contributed by atoms with E-state index in [9.17, 15) is 4.79 Å². The van der Waals surface area contributed by atoms with Crippen molar-refractivity contribution < 1.29 is 4.79 Å². The van der Waals surface area contributed by atoms with Gasteiger partial charge >= 0.3 is 0 Å². The van der Waals surface area contributed by atoms with Crippen LogP contribution in [-0.4, -0.2) is 15.9 Å². The molecule has 1 aromatic carbocycles. The maximum atomic E-state index is 11.9. The van der Waals surface area contributed by atoms with Crippen molar-refractivity contribution in [3.8, 4) is 0 Å². The Morgan fingerprint density at radius 1 is 1.24 bits per heavy atom. The molecule has 0 aliphatic carbocycles. The molecule has 2 N–H and O–H groups in total. The lowest BCUT2D eigenvalue weighted by Crippen LogP contribution is -2.49. The molecule has 3 nitrogen and oxygen atoms in total. The predicted molar refractivity (Wildman–Crippen MR) is 91.2 cm³/mol. The van der Waals surface area contributed by atoms with Crippen LogP contribution in [0.3, 0.4) is 0 Å². The van der Waals surface area contributed by atoms with Gasteiger partial charge in [-0.05, 0) is 31.4 Å². The highest BCUT2D eigenvalue weighted by atomic mass is 35.6. The standard InChI is InChI=1S/C15H21Cl3N2O/c1-9(2)7-13(21)20-14(15(16,17)18)19-12-6-5-10(3)8-11(12)4/h5-6,8-9,14,19H,7H2,1-4H3,(H,20,21)/t14-/m0/s1. The number of benzene rings is 1. The average Bonchev–Trinajstić information content (AvgIpc) is 2.29. The van der Waals surface area contributed by atoms with E-state index in [1.165, 1.54) is 0 Å². The van der Waals surface area contributed by atoms with Gasteiger partial charge in [-0.25, -0.2) is 0 Å². The topological polar surface area (TPSA) is 41.1 Å². The molecule has 0 fully saturated rings. The minimum Gasteiger partial charge on any atom is -0.362 e. The van der Waals surface area contributed by atoms with Crippen LogP contribution in [0.25, 0.3) is 0 Å². The Morgan fingerprint density at radius 2 is 1.86 bits per heavy atom. The number of anilines is 1. The maximum Gasteiger partial charge on any atom is 0.228 e. The molecule has 1 amide bonds. The summed E-state index contributed by atoms with van der Waals surface area (Å²) in [6, 6.07) is 5.89. The predicted octanol–water partition coefficient (Wildman–Crippen LogP) is 4.57. The molecule has 6 heteroatoms. The number of amides is 1. The first-order chi connectivity index (χ1) is 9.59. The fourth-order valence-corrected chi connectivity index (χ4v) is 2.25. The molecule has 1 atom stereocenters. The molecule has 0 aliphatic rings. The molecule has 1 aromatic rings. The van der Waals surface area contributed by atoms with Crippen LogP contribution in [0.2, 0.25) is 0 Å². The highest BCUT2D eigenvalue weighted by Gasteiger charge is 2.34. The van der Waals surface area contributed by atoms with Gasteiger partial charge in [-0.15, -0.1) is 0 Å². The molecule has 0 aliphatic heterocycles. The van der Waals surface area contributed by atoms with Crippen molar-refractivity contribution in [3.05, 3.63) is 29.3 Å². The van der Waals surface area contributed by atoms with Crippen molar-refractivity contribution in [2.45, 2.75) is 44.1 Å². The Morgan fingerprint density at radius 3 is 2.33 bits per heavy atom. The van der Waals surface area contributed by atoms with E-state index < -0.39 is 9.96 Å².